The zero-order chi connectivity index (χ0) is 10.6. The van der Waals surface area contributed by atoms with E-state index in [1.165, 1.54) is 0 Å². The van der Waals surface area contributed by atoms with Gasteiger partial charge in [-0.25, -0.2) is 8.78 Å². The SMILES string of the molecule is CN(CC(F)F)CC1CCCCC1=O. The highest BCUT2D eigenvalue weighted by atomic mass is 19.3. The van der Waals surface area contributed by atoms with Crippen molar-refractivity contribution in [1.29, 1.82) is 0 Å². The van der Waals surface area contributed by atoms with Gasteiger partial charge in [-0.2, -0.15) is 0 Å². The number of carbonyl (C=O) groups excluding carboxylic acids is 1. The minimum atomic E-state index is -2.31. The average Bonchev–Trinajstić information content (AvgIpc) is 2.07. The molecule has 1 saturated carbocycles. The van der Waals surface area contributed by atoms with Crippen molar-refractivity contribution in [3.63, 3.8) is 0 Å². The molecule has 0 aromatic carbocycles. The van der Waals surface area contributed by atoms with Gasteiger partial charge in [-0.1, -0.05) is 6.42 Å². The summed E-state index contributed by atoms with van der Waals surface area (Å²) in [6, 6.07) is 0. The third-order valence-electron chi connectivity index (χ3n) is 2.66. The molecule has 1 fully saturated rings. The Bertz CT molecular complexity index is 197. The van der Waals surface area contributed by atoms with Crippen LogP contribution >= 0.6 is 0 Å². The van der Waals surface area contributed by atoms with Crippen LogP contribution in [0.3, 0.4) is 0 Å². The minimum absolute atomic E-state index is 0.00694. The maximum absolute atomic E-state index is 12.0. The maximum atomic E-state index is 12.0. The Kier molecular flexibility index (Phi) is 4.45. The first kappa shape index (κ1) is 11.6. The fourth-order valence-corrected chi connectivity index (χ4v) is 1.93. The highest BCUT2D eigenvalue weighted by Gasteiger charge is 2.23. The summed E-state index contributed by atoms with van der Waals surface area (Å²) in [5.74, 6) is 0.241. The van der Waals surface area contributed by atoms with E-state index in [0.717, 1.165) is 19.3 Å². The van der Waals surface area contributed by atoms with Crippen molar-refractivity contribution in [3.8, 4) is 0 Å². The average molecular weight is 205 g/mol. The molecule has 1 rings (SSSR count). The summed E-state index contributed by atoms with van der Waals surface area (Å²) < 4.78 is 24.0. The fourth-order valence-electron chi connectivity index (χ4n) is 1.93. The number of rotatable bonds is 4. The predicted molar refractivity (Wildman–Crippen MR) is 50.5 cm³/mol. The molecule has 0 heterocycles. The third kappa shape index (κ3) is 3.70. The van der Waals surface area contributed by atoms with Crippen LogP contribution in [-0.4, -0.2) is 37.2 Å². The normalized spacial score (nSPS) is 23.5. The largest absolute Gasteiger partial charge is 0.300 e. The zero-order valence-electron chi connectivity index (χ0n) is 8.51. The molecule has 0 aromatic rings. The quantitative estimate of drug-likeness (QED) is 0.699. The lowest BCUT2D eigenvalue weighted by atomic mass is 9.88. The summed E-state index contributed by atoms with van der Waals surface area (Å²) in [7, 11) is 1.65. The topological polar surface area (TPSA) is 20.3 Å². The molecular weight excluding hydrogens is 188 g/mol. The molecule has 0 N–H and O–H groups in total. The maximum Gasteiger partial charge on any atom is 0.251 e. The number of hydrogen-bond donors (Lipinski definition) is 0. The summed E-state index contributed by atoms with van der Waals surface area (Å²) in [6.07, 6.45) is 1.21. The molecule has 0 saturated heterocycles. The van der Waals surface area contributed by atoms with Crippen LogP contribution in [0.2, 0.25) is 0 Å². The van der Waals surface area contributed by atoms with Crippen LogP contribution in [0.4, 0.5) is 8.78 Å². The molecule has 1 unspecified atom stereocenters. The molecule has 0 bridgehead atoms. The molecule has 0 aromatic heterocycles. The van der Waals surface area contributed by atoms with Crippen molar-refractivity contribution in [3.05, 3.63) is 0 Å². The van der Waals surface area contributed by atoms with Crippen LogP contribution in [0.25, 0.3) is 0 Å². The number of Topliss-reactive ketones (excluding diaryl/α,β-unsaturated/α-hetero) is 1. The molecule has 1 aliphatic carbocycles. The highest BCUT2D eigenvalue weighted by Crippen LogP contribution is 2.21. The zero-order valence-corrected chi connectivity index (χ0v) is 8.51. The van der Waals surface area contributed by atoms with Crippen LogP contribution < -0.4 is 0 Å². The molecule has 0 amide bonds. The van der Waals surface area contributed by atoms with E-state index >= 15 is 0 Å². The number of halogens is 2. The van der Waals surface area contributed by atoms with Gasteiger partial charge in [-0.15, -0.1) is 0 Å². The van der Waals surface area contributed by atoms with E-state index < -0.39 is 6.43 Å². The van der Waals surface area contributed by atoms with E-state index in [-0.39, 0.29) is 18.2 Å². The summed E-state index contributed by atoms with van der Waals surface area (Å²) >= 11 is 0. The molecule has 0 spiro atoms. The third-order valence-corrected chi connectivity index (χ3v) is 2.66. The fraction of sp³-hybridized carbons (Fsp3) is 0.900. The van der Waals surface area contributed by atoms with Gasteiger partial charge in [-0.3, -0.25) is 4.79 Å². The molecular formula is C10H17F2NO. The van der Waals surface area contributed by atoms with Crippen LogP contribution in [0.1, 0.15) is 25.7 Å². The molecule has 2 nitrogen and oxygen atoms in total. The van der Waals surface area contributed by atoms with Crippen molar-refractivity contribution in [2.75, 3.05) is 20.1 Å². The van der Waals surface area contributed by atoms with Gasteiger partial charge in [0.05, 0.1) is 6.54 Å². The lowest BCUT2D eigenvalue weighted by molar-refractivity contribution is -0.125. The predicted octanol–water partition coefficient (Wildman–Crippen LogP) is 1.94. The summed E-state index contributed by atoms with van der Waals surface area (Å²) in [6.45, 7) is 0.257. The Morgan fingerprint density at radius 1 is 1.50 bits per heavy atom. The van der Waals surface area contributed by atoms with E-state index in [4.69, 9.17) is 0 Å². The standard InChI is InChI=1S/C10H17F2NO/c1-13(7-10(11)12)6-8-4-2-3-5-9(8)14/h8,10H,2-7H2,1H3. The first-order valence-electron chi connectivity index (χ1n) is 5.09. The van der Waals surface area contributed by atoms with Gasteiger partial charge in [-0.05, 0) is 19.9 Å². The lowest BCUT2D eigenvalue weighted by Crippen LogP contribution is -2.34. The lowest BCUT2D eigenvalue weighted by Gasteiger charge is -2.25. The Morgan fingerprint density at radius 3 is 2.79 bits per heavy atom. The van der Waals surface area contributed by atoms with Crippen molar-refractivity contribution in [1.82, 2.24) is 4.90 Å². The Morgan fingerprint density at radius 2 is 2.21 bits per heavy atom. The van der Waals surface area contributed by atoms with Crippen LogP contribution in [0.5, 0.6) is 0 Å². The van der Waals surface area contributed by atoms with E-state index in [0.29, 0.717) is 13.0 Å². The molecule has 14 heavy (non-hydrogen) atoms. The number of alkyl halides is 2. The highest BCUT2D eigenvalue weighted by molar-refractivity contribution is 5.81. The molecule has 82 valence electrons. The van der Waals surface area contributed by atoms with Crippen LogP contribution in [0, 0.1) is 5.92 Å². The second kappa shape index (κ2) is 5.39. The van der Waals surface area contributed by atoms with Crippen molar-refractivity contribution in [2.45, 2.75) is 32.1 Å². The van der Waals surface area contributed by atoms with Crippen molar-refractivity contribution >= 4 is 5.78 Å². The Labute approximate surface area is 83.3 Å². The van der Waals surface area contributed by atoms with E-state index in [9.17, 15) is 13.6 Å². The monoisotopic (exact) mass is 205 g/mol. The molecule has 1 atom stereocenters. The molecule has 0 aliphatic heterocycles. The second-order valence-corrected chi connectivity index (χ2v) is 4.02. The number of hydrogen-bond acceptors (Lipinski definition) is 2. The van der Waals surface area contributed by atoms with Crippen molar-refractivity contribution in [2.24, 2.45) is 5.92 Å². The van der Waals surface area contributed by atoms with E-state index in [1.54, 1.807) is 11.9 Å². The minimum Gasteiger partial charge on any atom is -0.300 e. The first-order chi connectivity index (χ1) is 6.59. The Balaban J connectivity index is 2.30. The number of nitrogens with zero attached hydrogens (tertiary/aromatic N) is 1. The number of carbonyl (C=O) groups is 1. The van der Waals surface area contributed by atoms with E-state index in [1.807, 2.05) is 0 Å². The van der Waals surface area contributed by atoms with Crippen LogP contribution in [0.15, 0.2) is 0 Å². The van der Waals surface area contributed by atoms with E-state index in [2.05, 4.69) is 0 Å². The Hall–Kier alpha value is -0.510. The van der Waals surface area contributed by atoms with Crippen LogP contribution in [-0.2, 0) is 4.79 Å². The first-order valence-corrected chi connectivity index (χ1v) is 5.09. The molecule has 1 aliphatic rings. The smallest absolute Gasteiger partial charge is 0.251 e. The second-order valence-electron chi connectivity index (χ2n) is 4.02. The summed E-state index contributed by atoms with van der Waals surface area (Å²) in [5.41, 5.74) is 0. The van der Waals surface area contributed by atoms with Gasteiger partial charge in [0, 0.05) is 18.9 Å². The molecule has 0 radical (unpaired) electrons. The van der Waals surface area contributed by atoms with Gasteiger partial charge >= 0.3 is 0 Å². The van der Waals surface area contributed by atoms with Gasteiger partial charge in [0.25, 0.3) is 6.43 Å². The van der Waals surface area contributed by atoms with Gasteiger partial charge in [0.1, 0.15) is 5.78 Å². The summed E-state index contributed by atoms with van der Waals surface area (Å²) in [4.78, 5) is 13.0. The van der Waals surface area contributed by atoms with Gasteiger partial charge < -0.3 is 4.90 Å². The van der Waals surface area contributed by atoms with Crippen molar-refractivity contribution < 1.29 is 13.6 Å². The summed E-state index contributed by atoms with van der Waals surface area (Å²) in [5, 5.41) is 0. The molecule has 4 heteroatoms. The number of ketones is 1. The van der Waals surface area contributed by atoms with Gasteiger partial charge in [0.15, 0.2) is 0 Å². The van der Waals surface area contributed by atoms with Gasteiger partial charge in [0.2, 0.25) is 0 Å².